The molecule has 0 fully saturated rings. The molecule has 2 aromatic heterocycles. The second-order valence-corrected chi connectivity index (χ2v) is 4.11. The molecule has 90 valence electrons. The Balaban J connectivity index is 0.000000511. The summed E-state index contributed by atoms with van der Waals surface area (Å²) in [6.45, 7) is 0. The van der Waals surface area contributed by atoms with Crippen LogP contribution in [0.25, 0.3) is 11.4 Å². The van der Waals surface area contributed by atoms with Crippen LogP contribution in [0.2, 0.25) is 0 Å². The largest absolute Gasteiger partial charge is 0.255 e. The molecule has 2 N–H and O–H groups in total. The minimum Gasteiger partial charge on any atom is -0.255 e. The fourth-order valence-corrected chi connectivity index (χ4v) is 1.03. The molecule has 0 amide bonds. The third kappa shape index (κ3) is 5.43. The van der Waals surface area contributed by atoms with Crippen molar-refractivity contribution in [1.82, 2.24) is 9.97 Å². The van der Waals surface area contributed by atoms with Crippen LogP contribution in [0.3, 0.4) is 0 Å². The number of aromatic nitrogens is 2. The van der Waals surface area contributed by atoms with Crippen LogP contribution < -0.4 is 0 Å². The zero-order chi connectivity index (χ0) is 10.9. The zero-order valence-corrected chi connectivity index (χ0v) is 10.6. The quantitative estimate of drug-likeness (QED) is 0.761. The summed E-state index contributed by atoms with van der Waals surface area (Å²) in [6, 6.07) is 11.6. The van der Waals surface area contributed by atoms with Gasteiger partial charge in [-0.3, -0.25) is 9.97 Å². The average Bonchev–Trinajstić information content (AvgIpc) is 2.32. The van der Waals surface area contributed by atoms with Crippen LogP contribution in [-0.2, 0) is 12.7 Å². The van der Waals surface area contributed by atoms with Crippen molar-refractivity contribution >= 4 is 20.4 Å². The van der Waals surface area contributed by atoms with Gasteiger partial charge >= 0.3 is 33.0 Å². The zero-order valence-electron chi connectivity index (χ0n) is 8.09. The molecule has 2 rings (SSSR count). The predicted molar refractivity (Wildman–Crippen MR) is 62.8 cm³/mol. The number of pyridine rings is 2. The summed E-state index contributed by atoms with van der Waals surface area (Å²) in [5.41, 5.74) is 1.83. The molecular weight excluding hydrogens is 294 g/mol. The van der Waals surface area contributed by atoms with Crippen molar-refractivity contribution in [2.75, 3.05) is 0 Å². The van der Waals surface area contributed by atoms with Gasteiger partial charge in [0.1, 0.15) is 0 Å². The molecule has 0 atom stereocenters. The van der Waals surface area contributed by atoms with Gasteiger partial charge in [0, 0.05) is 12.4 Å². The summed E-state index contributed by atoms with van der Waals surface area (Å²) < 4.78 is 0. The minimum atomic E-state index is 0. The van der Waals surface area contributed by atoms with Crippen LogP contribution in [0.4, 0.5) is 0 Å². The summed E-state index contributed by atoms with van der Waals surface area (Å²) in [5.74, 6) is 0. The van der Waals surface area contributed by atoms with Crippen LogP contribution in [0.1, 0.15) is 0 Å². The SMILES string of the molecule is O.[Cl][Ni][Cl].c1ccc(-c2ccccn2)nc1. The molecule has 0 unspecified atom stereocenters. The molecule has 6 heteroatoms. The maximum absolute atomic E-state index is 4.70. The van der Waals surface area contributed by atoms with E-state index in [9.17, 15) is 0 Å². The van der Waals surface area contributed by atoms with Gasteiger partial charge in [0.05, 0.1) is 11.4 Å². The Labute approximate surface area is 108 Å². The van der Waals surface area contributed by atoms with E-state index in [1.165, 1.54) is 0 Å². The Bertz CT molecular complexity index is 338. The summed E-state index contributed by atoms with van der Waals surface area (Å²) in [7, 11) is 9.40. The Morgan fingerprint density at radius 1 is 0.812 bits per heavy atom. The molecule has 16 heavy (non-hydrogen) atoms. The minimum absolute atomic E-state index is 0. The maximum Gasteiger partial charge on any atom is 0.0886 e. The number of halogens is 2. The number of nitrogens with zero attached hydrogens (tertiary/aromatic N) is 2. The van der Waals surface area contributed by atoms with Crippen molar-refractivity contribution in [3.05, 3.63) is 48.8 Å². The predicted octanol–water partition coefficient (Wildman–Crippen LogP) is 2.70. The van der Waals surface area contributed by atoms with Crippen molar-refractivity contribution < 1.29 is 18.1 Å². The van der Waals surface area contributed by atoms with Gasteiger partial charge in [0.25, 0.3) is 0 Å². The van der Waals surface area contributed by atoms with E-state index in [4.69, 9.17) is 20.4 Å². The van der Waals surface area contributed by atoms with Crippen molar-refractivity contribution in [2.45, 2.75) is 0 Å². The van der Waals surface area contributed by atoms with Crippen molar-refractivity contribution in [3.8, 4) is 11.4 Å². The van der Waals surface area contributed by atoms with Gasteiger partial charge in [0.15, 0.2) is 0 Å². The summed E-state index contributed by atoms with van der Waals surface area (Å²) in [4.78, 5) is 8.37. The molecule has 2 heterocycles. The first-order valence-electron chi connectivity index (χ1n) is 4.03. The van der Waals surface area contributed by atoms with E-state index in [-0.39, 0.29) is 5.48 Å². The first kappa shape index (κ1) is 15.3. The number of hydrogen-bond acceptors (Lipinski definition) is 2. The molecule has 0 spiro atoms. The van der Waals surface area contributed by atoms with Crippen LogP contribution in [0.15, 0.2) is 48.8 Å². The fraction of sp³-hybridized carbons (Fsp3) is 0. The van der Waals surface area contributed by atoms with Crippen LogP contribution in [0.5, 0.6) is 0 Å². The molecular formula is C10H10Cl2N2NiO. The molecule has 2 aromatic rings. The monoisotopic (exact) mass is 302 g/mol. The second-order valence-electron chi connectivity index (χ2n) is 2.48. The van der Waals surface area contributed by atoms with Gasteiger partial charge in [-0.1, -0.05) is 12.1 Å². The van der Waals surface area contributed by atoms with E-state index >= 15 is 0 Å². The van der Waals surface area contributed by atoms with Crippen molar-refractivity contribution in [1.29, 1.82) is 0 Å². The van der Waals surface area contributed by atoms with Gasteiger partial charge < -0.3 is 5.48 Å². The van der Waals surface area contributed by atoms with Crippen molar-refractivity contribution in [3.63, 3.8) is 0 Å². The maximum atomic E-state index is 4.70. The van der Waals surface area contributed by atoms with Gasteiger partial charge in [-0.2, -0.15) is 0 Å². The summed E-state index contributed by atoms with van der Waals surface area (Å²) in [5, 5.41) is 0. The molecule has 0 saturated heterocycles. The standard InChI is InChI=1S/C10H8N2.2ClH.Ni.H2O/c1-3-7-11-9(5-1)10-6-2-4-8-12-10;;;;/h1-8H;2*1H;;1H2/q;;;+2;/p-2. The van der Waals surface area contributed by atoms with E-state index in [0.29, 0.717) is 12.7 Å². The molecule has 0 aliphatic heterocycles. The summed E-state index contributed by atoms with van der Waals surface area (Å²) >= 11 is 0.569. The van der Waals surface area contributed by atoms with Gasteiger partial charge in [0.2, 0.25) is 0 Å². The third-order valence-corrected chi connectivity index (χ3v) is 1.59. The molecule has 0 saturated carbocycles. The first-order chi connectivity index (χ1) is 7.38. The summed E-state index contributed by atoms with van der Waals surface area (Å²) in [6.07, 6.45) is 3.54. The second kappa shape index (κ2) is 9.55. The number of rotatable bonds is 1. The smallest absolute Gasteiger partial charge is 0.0886 e. The first-order valence-corrected chi connectivity index (χ1v) is 6.75. The Morgan fingerprint density at radius 3 is 1.44 bits per heavy atom. The van der Waals surface area contributed by atoms with Crippen LogP contribution in [-0.4, -0.2) is 15.4 Å². The molecule has 3 nitrogen and oxygen atoms in total. The average molecular weight is 304 g/mol. The Morgan fingerprint density at radius 2 is 1.19 bits per heavy atom. The van der Waals surface area contributed by atoms with Gasteiger partial charge in [-0.05, 0) is 24.3 Å². The Hall–Kier alpha value is -0.666. The third-order valence-electron chi connectivity index (χ3n) is 1.59. The van der Waals surface area contributed by atoms with E-state index in [1.807, 2.05) is 36.4 Å². The van der Waals surface area contributed by atoms with E-state index < -0.39 is 0 Å². The molecule has 0 aliphatic carbocycles. The molecule has 0 bridgehead atoms. The van der Waals surface area contributed by atoms with Gasteiger partial charge in [-0.15, -0.1) is 0 Å². The van der Waals surface area contributed by atoms with Crippen molar-refractivity contribution in [2.24, 2.45) is 0 Å². The normalized spacial score (nSPS) is 8.62. The molecule has 0 aliphatic rings. The Kier molecular flexibility index (Phi) is 9.15. The molecule has 0 aromatic carbocycles. The van der Waals surface area contributed by atoms with E-state index in [1.54, 1.807) is 12.4 Å². The molecule has 0 radical (unpaired) electrons. The number of hydrogen-bond donors (Lipinski definition) is 0. The fourth-order valence-electron chi connectivity index (χ4n) is 1.03. The topological polar surface area (TPSA) is 57.3 Å². The van der Waals surface area contributed by atoms with Gasteiger partial charge in [-0.25, -0.2) is 0 Å². The van der Waals surface area contributed by atoms with E-state index in [2.05, 4.69) is 9.97 Å². The van der Waals surface area contributed by atoms with E-state index in [0.717, 1.165) is 11.4 Å². The van der Waals surface area contributed by atoms with Crippen LogP contribution >= 0.6 is 20.4 Å². The van der Waals surface area contributed by atoms with Crippen LogP contribution in [0, 0.1) is 0 Å².